The Morgan fingerprint density at radius 1 is 1.58 bits per heavy atom. The van der Waals surface area contributed by atoms with Crippen LogP contribution in [0.4, 0.5) is 0 Å². The highest BCUT2D eigenvalue weighted by Crippen LogP contribution is 2.33. The number of rotatable bonds is 4. The summed E-state index contributed by atoms with van der Waals surface area (Å²) in [7, 11) is 0. The lowest BCUT2D eigenvalue weighted by Crippen LogP contribution is -2.20. The van der Waals surface area contributed by atoms with Crippen molar-refractivity contribution in [2.24, 2.45) is 11.8 Å². The van der Waals surface area contributed by atoms with Crippen molar-refractivity contribution < 1.29 is 9.90 Å². The van der Waals surface area contributed by atoms with Crippen molar-refractivity contribution in [2.45, 2.75) is 32.1 Å². The first-order chi connectivity index (χ1) is 5.75. The molecule has 0 saturated heterocycles. The molecular formula is C10H16O2. The van der Waals surface area contributed by atoms with Gasteiger partial charge in [-0.1, -0.05) is 18.9 Å². The summed E-state index contributed by atoms with van der Waals surface area (Å²) >= 11 is 0. The summed E-state index contributed by atoms with van der Waals surface area (Å²) in [6.07, 6.45) is 6.92. The fourth-order valence-electron chi connectivity index (χ4n) is 2.03. The van der Waals surface area contributed by atoms with Crippen molar-refractivity contribution in [3.63, 3.8) is 0 Å². The van der Waals surface area contributed by atoms with Crippen LogP contribution in [0.2, 0.25) is 0 Å². The molecule has 0 aliphatic heterocycles. The smallest absolute Gasteiger partial charge is 0.307 e. The van der Waals surface area contributed by atoms with Gasteiger partial charge >= 0.3 is 5.97 Å². The molecule has 0 aromatic rings. The summed E-state index contributed by atoms with van der Waals surface area (Å²) in [5.41, 5.74) is 0. The number of carboxylic acid groups (broad SMARTS) is 1. The second kappa shape index (κ2) is 4.29. The highest BCUT2D eigenvalue weighted by molar-refractivity contribution is 5.70. The normalized spacial score (nSPS) is 20.7. The molecule has 0 amide bonds. The van der Waals surface area contributed by atoms with E-state index in [-0.39, 0.29) is 5.92 Å². The molecule has 2 heteroatoms. The predicted molar refractivity (Wildman–Crippen MR) is 47.9 cm³/mol. The zero-order valence-electron chi connectivity index (χ0n) is 7.33. The molecule has 0 heterocycles. The molecule has 0 bridgehead atoms. The summed E-state index contributed by atoms with van der Waals surface area (Å²) in [6.45, 7) is 3.59. The Bertz CT molecular complexity index is 169. The van der Waals surface area contributed by atoms with Crippen molar-refractivity contribution in [1.29, 1.82) is 0 Å². The standard InChI is InChI=1S/C10H16O2/c1-2-5-9(10(11)12)8-6-3-4-7-8/h2,8-9H,1,3-7H2,(H,11,12)/t9-/m0/s1. The number of carboxylic acids is 1. The molecule has 0 spiro atoms. The van der Waals surface area contributed by atoms with Crippen LogP contribution in [0.25, 0.3) is 0 Å². The lowest BCUT2D eigenvalue weighted by molar-refractivity contribution is -0.143. The van der Waals surface area contributed by atoms with Gasteiger partial charge in [0, 0.05) is 0 Å². The first-order valence-electron chi connectivity index (χ1n) is 4.59. The third kappa shape index (κ3) is 2.10. The minimum absolute atomic E-state index is 0.176. The van der Waals surface area contributed by atoms with E-state index in [0.29, 0.717) is 12.3 Å². The topological polar surface area (TPSA) is 37.3 Å². The first-order valence-corrected chi connectivity index (χ1v) is 4.59. The highest BCUT2D eigenvalue weighted by Gasteiger charge is 2.28. The van der Waals surface area contributed by atoms with Gasteiger partial charge in [0.05, 0.1) is 5.92 Å². The van der Waals surface area contributed by atoms with E-state index in [2.05, 4.69) is 6.58 Å². The van der Waals surface area contributed by atoms with Crippen molar-refractivity contribution in [3.8, 4) is 0 Å². The molecule has 1 N–H and O–H groups in total. The fourth-order valence-corrected chi connectivity index (χ4v) is 2.03. The quantitative estimate of drug-likeness (QED) is 0.655. The second-order valence-corrected chi connectivity index (χ2v) is 3.51. The van der Waals surface area contributed by atoms with Gasteiger partial charge < -0.3 is 5.11 Å². The van der Waals surface area contributed by atoms with E-state index in [1.807, 2.05) is 0 Å². The van der Waals surface area contributed by atoms with Crippen LogP contribution in [-0.4, -0.2) is 11.1 Å². The Balaban J connectivity index is 2.51. The molecule has 0 aromatic carbocycles. The Morgan fingerprint density at radius 3 is 2.58 bits per heavy atom. The van der Waals surface area contributed by atoms with Crippen LogP contribution in [0, 0.1) is 11.8 Å². The summed E-state index contributed by atoms with van der Waals surface area (Å²) < 4.78 is 0. The Hall–Kier alpha value is -0.790. The number of carbonyl (C=O) groups is 1. The monoisotopic (exact) mass is 168 g/mol. The van der Waals surface area contributed by atoms with E-state index in [1.165, 1.54) is 12.8 Å². The van der Waals surface area contributed by atoms with E-state index in [4.69, 9.17) is 5.11 Å². The van der Waals surface area contributed by atoms with Crippen molar-refractivity contribution in [3.05, 3.63) is 12.7 Å². The molecule has 12 heavy (non-hydrogen) atoms. The number of hydrogen-bond donors (Lipinski definition) is 1. The summed E-state index contributed by atoms with van der Waals surface area (Å²) in [5, 5.41) is 8.92. The van der Waals surface area contributed by atoms with E-state index >= 15 is 0 Å². The number of hydrogen-bond acceptors (Lipinski definition) is 1. The lowest BCUT2D eigenvalue weighted by atomic mass is 9.88. The van der Waals surface area contributed by atoms with Gasteiger partial charge in [-0.25, -0.2) is 0 Å². The molecule has 1 saturated carbocycles. The zero-order valence-corrected chi connectivity index (χ0v) is 7.33. The summed E-state index contributed by atoms with van der Waals surface area (Å²) in [5.74, 6) is -0.424. The maximum absolute atomic E-state index is 10.8. The van der Waals surface area contributed by atoms with E-state index in [1.54, 1.807) is 6.08 Å². The molecule has 0 radical (unpaired) electrons. The van der Waals surface area contributed by atoms with Crippen molar-refractivity contribution >= 4 is 5.97 Å². The summed E-state index contributed by atoms with van der Waals surface area (Å²) in [6, 6.07) is 0. The van der Waals surface area contributed by atoms with Gasteiger partial charge in [0.2, 0.25) is 0 Å². The third-order valence-electron chi connectivity index (χ3n) is 2.71. The highest BCUT2D eigenvalue weighted by atomic mass is 16.4. The SMILES string of the molecule is C=CC[C@H](C(=O)O)C1CCCC1. The molecule has 1 atom stereocenters. The third-order valence-corrected chi connectivity index (χ3v) is 2.71. The van der Waals surface area contributed by atoms with Crippen LogP contribution in [0.15, 0.2) is 12.7 Å². The zero-order chi connectivity index (χ0) is 8.97. The molecule has 0 unspecified atom stereocenters. The van der Waals surface area contributed by atoms with Crippen LogP contribution in [0.3, 0.4) is 0 Å². The van der Waals surface area contributed by atoms with Gasteiger partial charge in [0.15, 0.2) is 0 Å². The van der Waals surface area contributed by atoms with E-state index < -0.39 is 5.97 Å². The van der Waals surface area contributed by atoms with Crippen molar-refractivity contribution in [2.75, 3.05) is 0 Å². The molecule has 68 valence electrons. The number of allylic oxidation sites excluding steroid dienone is 1. The molecule has 1 rings (SSSR count). The van der Waals surface area contributed by atoms with Crippen LogP contribution < -0.4 is 0 Å². The predicted octanol–water partition coefficient (Wildman–Crippen LogP) is 2.45. The van der Waals surface area contributed by atoms with Crippen LogP contribution in [0.5, 0.6) is 0 Å². The van der Waals surface area contributed by atoms with Gasteiger partial charge in [-0.3, -0.25) is 4.79 Å². The first kappa shape index (κ1) is 9.30. The number of aliphatic carboxylic acids is 1. The average Bonchev–Trinajstić information content (AvgIpc) is 2.51. The van der Waals surface area contributed by atoms with E-state index in [0.717, 1.165) is 12.8 Å². The fraction of sp³-hybridized carbons (Fsp3) is 0.700. The second-order valence-electron chi connectivity index (χ2n) is 3.51. The largest absolute Gasteiger partial charge is 0.481 e. The van der Waals surface area contributed by atoms with E-state index in [9.17, 15) is 4.79 Å². The Kier molecular flexibility index (Phi) is 3.32. The van der Waals surface area contributed by atoms with Gasteiger partial charge in [-0.2, -0.15) is 0 Å². The van der Waals surface area contributed by atoms with Gasteiger partial charge in [-0.05, 0) is 25.2 Å². The maximum Gasteiger partial charge on any atom is 0.307 e. The lowest BCUT2D eigenvalue weighted by Gasteiger charge is -2.16. The molecule has 1 fully saturated rings. The molecule has 1 aliphatic rings. The molecule has 0 aromatic heterocycles. The average molecular weight is 168 g/mol. The van der Waals surface area contributed by atoms with Gasteiger partial charge in [0.1, 0.15) is 0 Å². The Labute approximate surface area is 73.3 Å². The summed E-state index contributed by atoms with van der Waals surface area (Å²) in [4.78, 5) is 10.8. The van der Waals surface area contributed by atoms with Gasteiger partial charge in [-0.15, -0.1) is 6.58 Å². The molecule has 2 nitrogen and oxygen atoms in total. The van der Waals surface area contributed by atoms with Crippen LogP contribution in [-0.2, 0) is 4.79 Å². The minimum Gasteiger partial charge on any atom is -0.481 e. The van der Waals surface area contributed by atoms with Crippen molar-refractivity contribution in [1.82, 2.24) is 0 Å². The van der Waals surface area contributed by atoms with Crippen LogP contribution in [0.1, 0.15) is 32.1 Å². The molecular weight excluding hydrogens is 152 g/mol. The Morgan fingerprint density at radius 2 is 2.17 bits per heavy atom. The minimum atomic E-state index is -0.651. The van der Waals surface area contributed by atoms with Crippen LogP contribution >= 0.6 is 0 Å². The molecule has 1 aliphatic carbocycles. The van der Waals surface area contributed by atoms with Gasteiger partial charge in [0.25, 0.3) is 0 Å². The maximum atomic E-state index is 10.8.